The molecule has 2 nitrogen and oxygen atoms in total. The standard InChI is InChI=1S/C14H17BrF2O2/c1-3-14(4-2)11(18)7-12(14)19-13-9(15)5-8(16)6-10(13)17/h5-6,11-12,18H,3-4,7H2,1-2H3. The first-order chi connectivity index (χ1) is 8.94. The van der Waals surface area contributed by atoms with Gasteiger partial charge in [0.15, 0.2) is 11.6 Å². The van der Waals surface area contributed by atoms with Crippen molar-refractivity contribution in [3.8, 4) is 5.75 Å². The maximum atomic E-state index is 13.7. The average Bonchev–Trinajstić information content (AvgIpc) is 2.33. The molecule has 19 heavy (non-hydrogen) atoms. The van der Waals surface area contributed by atoms with Crippen molar-refractivity contribution in [3.63, 3.8) is 0 Å². The van der Waals surface area contributed by atoms with Crippen molar-refractivity contribution < 1.29 is 18.6 Å². The van der Waals surface area contributed by atoms with Crippen LogP contribution in [0.5, 0.6) is 5.75 Å². The third-order valence-corrected chi connectivity index (χ3v) is 4.87. The Labute approximate surface area is 119 Å². The molecule has 0 bridgehead atoms. The van der Waals surface area contributed by atoms with Crippen LogP contribution in [0.25, 0.3) is 0 Å². The van der Waals surface area contributed by atoms with Gasteiger partial charge in [-0.2, -0.15) is 0 Å². The molecule has 1 aromatic carbocycles. The summed E-state index contributed by atoms with van der Waals surface area (Å²) in [6.07, 6.45) is 1.33. The second-order valence-electron chi connectivity index (χ2n) is 5.00. The normalized spacial score (nSPS) is 24.9. The van der Waals surface area contributed by atoms with Crippen molar-refractivity contribution in [2.24, 2.45) is 5.41 Å². The van der Waals surface area contributed by atoms with Gasteiger partial charge in [-0.25, -0.2) is 8.78 Å². The Hall–Kier alpha value is -0.680. The minimum atomic E-state index is -0.727. The zero-order valence-corrected chi connectivity index (χ0v) is 12.5. The van der Waals surface area contributed by atoms with Gasteiger partial charge in [0.2, 0.25) is 0 Å². The fraction of sp³-hybridized carbons (Fsp3) is 0.571. The van der Waals surface area contributed by atoms with Crippen LogP contribution >= 0.6 is 15.9 Å². The van der Waals surface area contributed by atoms with E-state index in [0.717, 1.165) is 18.9 Å². The van der Waals surface area contributed by atoms with E-state index in [9.17, 15) is 13.9 Å². The predicted octanol–water partition coefficient (Wildman–Crippen LogP) is 4.05. The van der Waals surface area contributed by atoms with Crippen molar-refractivity contribution in [2.75, 3.05) is 0 Å². The molecule has 5 heteroatoms. The van der Waals surface area contributed by atoms with E-state index in [0.29, 0.717) is 6.42 Å². The Morgan fingerprint density at radius 1 is 1.37 bits per heavy atom. The van der Waals surface area contributed by atoms with Gasteiger partial charge in [-0.15, -0.1) is 0 Å². The number of hydrogen-bond acceptors (Lipinski definition) is 2. The van der Waals surface area contributed by atoms with Crippen LogP contribution in [-0.4, -0.2) is 17.3 Å². The van der Waals surface area contributed by atoms with E-state index in [-0.39, 0.29) is 21.7 Å². The molecule has 1 saturated carbocycles. The minimum absolute atomic E-state index is 0.0181. The number of benzene rings is 1. The van der Waals surface area contributed by atoms with Crippen LogP contribution in [0.15, 0.2) is 16.6 Å². The topological polar surface area (TPSA) is 29.5 Å². The van der Waals surface area contributed by atoms with Gasteiger partial charge in [-0.1, -0.05) is 13.8 Å². The highest BCUT2D eigenvalue weighted by molar-refractivity contribution is 9.10. The lowest BCUT2D eigenvalue weighted by Gasteiger charge is -2.52. The van der Waals surface area contributed by atoms with Crippen LogP contribution in [0.1, 0.15) is 33.1 Å². The van der Waals surface area contributed by atoms with E-state index in [1.807, 2.05) is 13.8 Å². The van der Waals surface area contributed by atoms with Crippen molar-refractivity contribution >= 4 is 15.9 Å². The molecule has 0 spiro atoms. The number of aliphatic hydroxyl groups excluding tert-OH is 1. The molecule has 106 valence electrons. The van der Waals surface area contributed by atoms with E-state index in [4.69, 9.17) is 4.74 Å². The molecule has 1 aliphatic carbocycles. The molecule has 0 aliphatic heterocycles. The lowest BCUT2D eigenvalue weighted by Crippen LogP contribution is -2.59. The SMILES string of the molecule is CCC1(CC)C(O)CC1Oc1c(F)cc(F)cc1Br. The number of aliphatic hydroxyl groups is 1. The Balaban J connectivity index is 2.23. The summed E-state index contributed by atoms with van der Waals surface area (Å²) >= 11 is 3.11. The number of rotatable bonds is 4. The van der Waals surface area contributed by atoms with Crippen molar-refractivity contribution in [2.45, 2.75) is 45.3 Å². The summed E-state index contributed by atoms with van der Waals surface area (Å²) in [5.41, 5.74) is -0.333. The number of halogens is 3. The van der Waals surface area contributed by atoms with Gasteiger partial charge in [0.1, 0.15) is 11.9 Å². The summed E-state index contributed by atoms with van der Waals surface area (Å²) in [4.78, 5) is 0. The van der Waals surface area contributed by atoms with Crippen LogP contribution in [0.4, 0.5) is 8.78 Å². The van der Waals surface area contributed by atoms with Crippen molar-refractivity contribution in [3.05, 3.63) is 28.2 Å². The lowest BCUT2D eigenvalue weighted by atomic mass is 9.60. The van der Waals surface area contributed by atoms with E-state index >= 15 is 0 Å². The Bertz CT molecular complexity index is 452. The van der Waals surface area contributed by atoms with Gasteiger partial charge in [0.25, 0.3) is 0 Å². The molecule has 1 N–H and O–H groups in total. The van der Waals surface area contributed by atoms with Gasteiger partial charge in [-0.05, 0) is 34.8 Å². The van der Waals surface area contributed by atoms with Crippen LogP contribution in [0, 0.1) is 17.0 Å². The minimum Gasteiger partial charge on any atom is -0.485 e. The molecular weight excluding hydrogens is 318 g/mol. The highest BCUT2D eigenvalue weighted by Crippen LogP contribution is 2.49. The van der Waals surface area contributed by atoms with Crippen molar-refractivity contribution in [1.82, 2.24) is 0 Å². The number of hydrogen-bond donors (Lipinski definition) is 1. The van der Waals surface area contributed by atoms with Gasteiger partial charge >= 0.3 is 0 Å². The molecule has 0 saturated heterocycles. The summed E-state index contributed by atoms with van der Waals surface area (Å²) in [6, 6.07) is 1.97. The van der Waals surface area contributed by atoms with Gasteiger partial charge in [0.05, 0.1) is 10.6 Å². The summed E-state index contributed by atoms with van der Waals surface area (Å²) in [7, 11) is 0. The fourth-order valence-electron chi connectivity index (χ4n) is 2.85. The predicted molar refractivity (Wildman–Crippen MR) is 72.1 cm³/mol. The highest BCUT2D eigenvalue weighted by Gasteiger charge is 2.54. The third kappa shape index (κ3) is 2.38. The summed E-state index contributed by atoms with van der Waals surface area (Å²) in [6.45, 7) is 3.97. The monoisotopic (exact) mass is 334 g/mol. The quantitative estimate of drug-likeness (QED) is 0.900. The highest BCUT2D eigenvalue weighted by atomic mass is 79.9. The maximum absolute atomic E-state index is 13.7. The first-order valence-corrected chi connectivity index (χ1v) is 7.23. The zero-order chi connectivity index (χ0) is 14.2. The van der Waals surface area contributed by atoms with E-state index in [1.54, 1.807) is 0 Å². The molecule has 0 heterocycles. The molecule has 1 aromatic rings. The molecule has 1 fully saturated rings. The fourth-order valence-corrected chi connectivity index (χ4v) is 3.35. The average molecular weight is 335 g/mol. The van der Waals surface area contributed by atoms with Gasteiger partial charge in [0, 0.05) is 17.9 Å². The van der Waals surface area contributed by atoms with Crippen LogP contribution in [-0.2, 0) is 0 Å². The Morgan fingerprint density at radius 3 is 2.47 bits per heavy atom. The summed E-state index contributed by atoms with van der Waals surface area (Å²) in [5.74, 6) is -1.36. The number of ether oxygens (including phenoxy) is 1. The summed E-state index contributed by atoms with van der Waals surface area (Å²) in [5, 5.41) is 9.94. The first-order valence-electron chi connectivity index (χ1n) is 6.43. The van der Waals surface area contributed by atoms with E-state index in [2.05, 4.69) is 15.9 Å². The molecule has 0 amide bonds. The molecule has 0 aromatic heterocycles. The second-order valence-corrected chi connectivity index (χ2v) is 5.85. The van der Waals surface area contributed by atoms with Crippen LogP contribution in [0.3, 0.4) is 0 Å². The molecule has 1 aliphatic rings. The largest absolute Gasteiger partial charge is 0.485 e. The molecule has 2 atom stereocenters. The maximum Gasteiger partial charge on any atom is 0.169 e. The third-order valence-electron chi connectivity index (χ3n) is 4.28. The van der Waals surface area contributed by atoms with Crippen LogP contribution < -0.4 is 4.74 Å². The Morgan fingerprint density at radius 2 is 2.00 bits per heavy atom. The zero-order valence-electron chi connectivity index (χ0n) is 10.9. The van der Waals surface area contributed by atoms with Gasteiger partial charge in [-0.3, -0.25) is 0 Å². The smallest absolute Gasteiger partial charge is 0.169 e. The molecule has 0 radical (unpaired) electrons. The second kappa shape index (κ2) is 5.37. The molecular formula is C14H17BrF2O2. The summed E-state index contributed by atoms with van der Waals surface area (Å²) < 4.78 is 32.7. The van der Waals surface area contributed by atoms with Crippen molar-refractivity contribution in [1.29, 1.82) is 0 Å². The van der Waals surface area contributed by atoms with Gasteiger partial charge < -0.3 is 9.84 Å². The lowest BCUT2D eigenvalue weighted by molar-refractivity contribution is -0.160. The van der Waals surface area contributed by atoms with E-state index < -0.39 is 17.7 Å². The molecule has 2 unspecified atom stereocenters. The Kier molecular flexibility index (Phi) is 4.16. The first kappa shape index (κ1) is 14.7. The van der Waals surface area contributed by atoms with Crippen LogP contribution in [0.2, 0.25) is 0 Å². The van der Waals surface area contributed by atoms with E-state index in [1.165, 1.54) is 6.07 Å². The molecule has 2 rings (SSSR count).